The summed E-state index contributed by atoms with van der Waals surface area (Å²) in [6.45, 7) is 2.60. The summed E-state index contributed by atoms with van der Waals surface area (Å²) in [5, 5.41) is 3.13. The van der Waals surface area contributed by atoms with Crippen molar-refractivity contribution in [2.75, 3.05) is 20.2 Å². The summed E-state index contributed by atoms with van der Waals surface area (Å²) in [5.74, 6) is -0.0754. The molecule has 1 saturated heterocycles. The number of carbonyl (C=O) groups is 2. The summed E-state index contributed by atoms with van der Waals surface area (Å²) < 4.78 is 5.67. The van der Waals surface area contributed by atoms with Gasteiger partial charge in [0, 0.05) is 32.7 Å². The maximum atomic E-state index is 12.4. The standard InChI is InChI=1S/C16H20N2O3/c1-12(19)18-10-15(11-18,16(21-2)8-9-16)17-14(20)13-6-4-3-5-7-13/h3-7H,8-11H2,1-2H3,(H,17,20). The molecule has 1 heterocycles. The van der Waals surface area contributed by atoms with Gasteiger partial charge >= 0.3 is 0 Å². The molecule has 2 amide bonds. The van der Waals surface area contributed by atoms with Crippen LogP contribution in [-0.4, -0.2) is 48.1 Å². The van der Waals surface area contributed by atoms with Gasteiger partial charge in [-0.2, -0.15) is 0 Å². The first-order valence-electron chi connectivity index (χ1n) is 7.20. The largest absolute Gasteiger partial charge is 0.376 e. The lowest BCUT2D eigenvalue weighted by Gasteiger charge is -2.54. The Morgan fingerprint density at radius 2 is 1.81 bits per heavy atom. The molecule has 1 aliphatic heterocycles. The molecule has 1 saturated carbocycles. The average Bonchev–Trinajstić information content (AvgIpc) is 3.24. The zero-order valence-corrected chi connectivity index (χ0v) is 12.4. The van der Waals surface area contributed by atoms with Gasteiger partial charge in [-0.1, -0.05) is 18.2 Å². The van der Waals surface area contributed by atoms with E-state index in [9.17, 15) is 9.59 Å². The van der Waals surface area contributed by atoms with Crippen LogP contribution in [0.1, 0.15) is 30.1 Å². The normalized spacial score (nSPS) is 21.3. The third-order valence-corrected chi connectivity index (χ3v) is 4.72. The molecule has 1 aromatic carbocycles. The van der Waals surface area contributed by atoms with Gasteiger partial charge in [-0.05, 0) is 25.0 Å². The molecule has 0 atom stereocenters. The van der Waals surface area contributed by atoms with Crippen LogP contribution in [0.3, 0.4) is 0 Å². The van der Waals surface area contributed by atoms with E-state index in [2.05, 4.69) is 5.32 Å². The van der Waals surface area contributed by atoms with Crippen molar-refractivity contribution >= 4 is 11.8 Å². The SMILES string of the molecule is COC1(C2(NC(=O)c3ccccc3)CN(C(C)=O)C2)CC1. The van der Waals surface area contributed by atoms with Crippen LogP contribution < -0.4 is 5.32 Å². The Bertz CT molecular complexity index is 560. The number of benzene rings is 1. The van der Waals surface area contributed by atoms with Crippen molar-refractivity contribution < 1.29 is 14.3 Å². The van der Waals surface area contributed by atoms with Crippen molar-refractivity contribution in [3.63, 3.8) is 0 Å². The van der Waals surface area contributed by atoms with Crippen LogP contribution in [0.5, 0.6) is 0 Å². The highest BCUT2D eigenvalue weighted by Gasteiger charge is 2.66. The Morgan fingerprint density at radius 1 is 1.19 bits per heavy atom. The maximum absolute atomic E-state index is 12.4. The molecule has 21 heavy (non-hydrogen) atoms. The van der Waals surface area contributed by atoms with Crippen LogP contribution in [0.4, 0.5) is 0 Å². The van der Waals surface area contributed by atoms with Crippen LogP contribution in [-0.2, 0) is 9.53 Å². The van der Waals surface area contributed by atoms with E-state index in [4.69, 9.17) is 4.74 Å². The first-order chi connectivity index (χ1) is 10.0. The number of carbonyl (C=O) groups excluding carboxylic acids is 2. The summed E-state index contributed by atoms with van der Waals surface area (Å²) in [4.78, 5) is 25.7. The molecular formula is C16H20N2O3. The predicted octanol–water partition coefficient (Wildman–Crippen LogP) is 1.20. The van der Waals surface area contributed by atoms with Gasteiger partial charge in [0.05, 0.1) is 5.60 Å². The quantitative estimate of drug-likeness (QED) is 0.905. The number of ether oxygens (including phenoxy) is 1. The zero-order valence-electron chi connectivity index (χ0n) is 12.4. The Labute approximate surface area is 124 Å². The molecule has 2 aliphatic rings. The molecule has 2 fully saturated rings. The van der Waals surface area contributed by atoms with Gasteiger partial charge in [-0.3, -0.25) is 9.59 Å². The molecule has 0 bridgehead atoms. The molecule has 0 radical (unpaired) electrons. The highest BCUT2D eigenvalue weighted by atomic mass is 16.5. The molecular weight excluding hydrogens is 268 g/mol. The smallest absolute Gasteiger partial charge is 0.251 e. The monoisotopic (exact) mass is 288 g/mol. The topological polar surface area (TPSA) is 58.6 Å². The lowest BCUT2D eigenvalue weighted by Crippen LogP contribution is -2.77. The van der Waals surface area contributed by atoms with Crippen molar-refractivity contribution in [2.45, 2.75) is 30.9 Å². The number of amides is 2. The number of nitrogens with one attached hydrogen (secondary N) is 1. The van der Waals surface area contributed by atoms with Crippen molar-refractivity contribution in [3.05, 3.63) is 35.9 Å². The zero-order chi connectivity index (χ0) is 15.1. The Hall–Kier alpha value is -1.88. The molecule has 3 rings (SSSR count). The number of nitrogens with zero attached hydrogens (tertiary/aromatic N) is 1. The first kappa shape index (κ1) is 14.1. The summed E-state index contributed by atoms with van der Waals surface area (Å²) in [7, 11) is 1.68. The molecule has 1 N–H and O–H groups in total. The van der Waals surface area contributed by atoms with Crippen molar-refractivity contribution in [3.8, 4) is 0 Å². The van der Waals surface area contributed by atoms with E-state index in [1.165, 1.54) is 0 Å². The summed E-state index contributed by atoms with van der Waals surface area (Å²) >= 11 is 0. The van der Waals surface area contributed by atoms with Crippen LogP contribution >= 0.6 is 0 Å². The first-order valence-corrected chi connectivity index (χ1v) is 7.20. The van der Waals surface area contributed by atoms with E-state index in [1.54, 1.807) is 31.1 Å². The van der Waals surface area contributed by atoms with Gasteiger partial charge in [0.15, 0.2) is 0 Å². The van der Waals surface area contributed by atoms with Gasteiger partial charge in [-0.25, -0.2) is 0 Å². The Morgan fingerprint density at radius 3 is 2.29 bits per heavy atom. The minimum Gasteiger partial charge on any atom is -0.376 e. The van der Waals surface area contributed by atoms with Crippen LogP contribution in [0, 0.1) is 0 Å². The fourth-order valence-electron chi connectivity index (χ4n) is 3.18. The van der Waals surface area contributed by atoms with Crippen molar-refractivity contribution in [1.29, 1.82) is 0 Å². The maximum Gasteiger partial charge on any atom is 0.251 e. The van der Waals surface area contributed by atoms with E-state index >= 15 is 0 Å². The second-order valence-corrected chi connectivity index (χ2v) is 5.98. The van der Waals surface area contributed by atoms with Gasteiger partial charge in [0.25, 0.3) is 5.91 Å². The van der Waals surface area contributed by atoms with E-state index in [1.807, 2.05) is 18.2 Å². The van der Waals surface area contributed by atoms with Crippen molar-refractivity contribution in [1.82, 2.24) is 10.2 Å². The molecule has 1 aliphatic carbocycles. The van der Waals surface area contributed by atoms with E-state index in [0.29, 0.717) is 18.7 Å². The lowest BCUT2D eigenvalue weighted by molar-refractivity contribution is -0.145. The molecule has 1 aromatic rings. The minimum absolute atomic E-state index is 0.0338. The van der Waals surface area contributed by atoms with Crippen molar-refractivity contribution in [2.24, 2.45) is 0 Å². The predicted molar refractivity (Wildman–Crippen MR) is 77.9 cm³/mol. The minimum atomic E-state index is -0.458. The number of hydrogen-bond donors (Lipinski definition) is 1. The summed E-state index contributed by atoms with van der Waals surface area (Å²) in [6, 6.07) is 9.14. The summed E-state index contributed by atoms with van der Waals surface area (Å²) in [5.41, 5.74) is -0.144. The van der Waals surface area contributed by atoms with E-state index in [-0.39, 0.29) is 17.4 Å². The van der Waals surface area contributed by atoms with Crippen LogP contribution in [0.15, 0.2) is 30.3 Å². The average molecular weight is 288 g/mol. The van der Waals surface area contributed by atoms with Gasteiger partial charge in [-0.15, -0.1) is 0 Å². The molecule has 5 heteroatoms. The second-order valence-electron chi connectivity index (χ2n) is 5.98. The fraction of sp³-hybridized carbons (Fsp3) is 0.500. The number of likely N-dealkylation sites (tertiary alicyclic amines) is 1. The highest BCUT2D eigenvalue weighted by molar-refractivity contribution is 5.95. The number of rotatable bonds is 4. The third-order valence-electron chi connectivity index (χ3n) is 4.72. The van der Waals surface area contributed by atoms with Crippen LogP contribution in [0.2, 0.25) is 0 Å². The van der Waals surface area contributed by atoms with Crippen LogP contribution in [0.25, 0.3) is 0 Å². The molecule has 0 aromatic heterocycles. The molecule has 0 unspecified atom stereocenters. The number of hydrogen-bond acceptors (Lipinski definition) is 3. The van der Waals surface area contributed by atoms with Gasteiger partial charge in [0.1, 0.15) is 5.54 Å². The second kappa shape index (κ2) is 4.84. The highest BCUT2D eigenvalue weighted by Crippen LogP contribution is 2.51. The molecule has 0 spiro atoms. The van der Waals surface area contributed by atoms with Gasteiger partial charge in [0.2, 0.25) is 5.91 Å². The van der Waals surface area contributed by atoms with E-state index < -0.39 is 5.54 Å². The van der Waals surface area contributed by atoms with Gasteiger partial charge < -0.3 is 15.0 Å². The Balaban J connectivity index is 1.79. The molecule has 5 nitrogen and oxygen atoms in total. The fourth-order valence-corrected chi connectivity index (χ4v) is 3.18. The molecule has 112 valence electrons. The summed E-state index contributed by atoms with van der Waals surface area (Å²) in [6.07, 6.45) is 1.84. The lowest BCUT2D eigenvalue weighted by atomic mass is 9.81. The third kappa shape index (κ3) is 2.21. The Kier molecular flexibility index (Phi) is 3.24. The van der Waals surface area contributed by atoms with E-state index in [0.717, 1.165) is 12.8 Å². The number of methoxy groups -OCH3 is 1.